The standard InChI is InChI=1S/C25H35N3O3/c1-5-27(6-2)22(23-12-9-13-31-23)16-26-25(30)21-15-19-10-7-8-11-20(19)17-28(21)24(29)14-18(3)4/h7-13,18,21-22H,5-6,14-17H2,1-4H3,(H,26,30). The Morgan fingerprint density at radius 3 is 2.45 bits per heavy atom. The Bertz CT molecular complexity index is 859. The van der Waals surface area contributed by atoms with Crippen LogP contribution in [0.1, 0.15) is 57.0 Å². The van der Waals surface area contributed by atoms with Crippen LogP contribution in [-0.4, -0.2) is 47.3 Å². The normalized spacial score (nSPS) is 17.0. The van der Waals surface area contributed by atoms with Gasteiger partial charge in [0.1, 0.15) is 11.8 Å². The SMILES string of the molecule is CCN(CC)C(CNC(=O)C1Cc2ccccc2CN1C(=O)CC(C)C)c1ccco1. The predicted molar refractivity (Wildman–Crippen MR) is 121 cm³/mol. The van der Waals surface area contributed by atoms with Crippen molar-refractivity contribution in [2.75, 3.05) is 19.6 Å². The molecule has 0 aliphatic carbocycles. The third kappa shape index (κ3) is 5.56. The first-order valence-electron chi connectivity index (χ1n) is 11.4. The number of nitrogens with one attached hydrogen (secondary N) is 1. The highest BCUT2D eigenvalue weighted by Gasteiger charge is 2.35. The average Bonchev–Trinajstić information content (AvgIpc) is 3.29. The zero-order valence-corrected chi connectivity index (χ0v) is 19.1. The van der Waals surface area contributed by atoms with Gasteiger partial charge in [0, 0.05) is 25.9 Å². The van der Waals surface area contributed by atoms with E-state index in [-0.39, 0.29) is 23.8 Å². The fourth-order valence-corrected chi connectivity index (χ4v) is 4.36. The van der Waals surface area contributed by atoms with Crippen molar-refractivity contribution in [3.05, 3.63) is 59.5 Å². The smallest absolute Gasteiger partial charge is 0.243 e. The molecule has 0 saturated carbocycles. The van der Waals surface area contributed by atoms with Gasteiger partial charge in [0.05, 0.1) is 12.3 Å². The molecule has 2 unspecified atom stereocenters. The number of hydrogen-bond acceptors (Lipinski definition) is 4. The Hall–Kier alpha value is -2.60. The van der Waals surface area contributed by atoms with E-state index in [1.54, 1.807) is 11.2 Å². The molecular weight excluding hydrogens is 390 g/mol. The highest BCUT2D eigenvalue weighted by molar-refractivity contribution is 5.88. The Balaban J connectivity index is 1.77. The molecule has 31 heavy (non-hydrogen) atoms. The van der Waals surface area contributed by atoms with Gasteiger partial charge < -0.3 is 14.6 Å². The van der Waals surface area contributed by atoms with E-state index in [0.29, 0.717) is 25.9 Å². The van der Waals surface area contributed by atoms with Crippen LogP contribution in [0.15, 0.2) is 47.1 Å². The molecule has 0 saturated heterocycles. The molecule has 168 valence electrons. The first kappa shape index (κ1) is 23.1. The number of benzene rings is 1. The number of hydrogen-bond donors (Lipinski definition) is 1. The topological polar surface area (TPSA) is 65.8 Å². The third-order valence-electron chi connectivity index (χ3n) is 6.05. The molecule has 2 atom stereocenters. The summed E-state index contributed by atoms with van der Waals surface area (Å²) < 4.78 is 5.65. The van der Waals surface area contributed by atoms with Crippen LogP contribution in [0.25, 0.3) is 0 Å². The summed E-state index contributed by atoms with van der Waals surface area (Å²) in [5.41, 5.74) is 2.27. The molecule has 1 N–H and O–H groups in total. The highest BCUT2D eigenvalue weighted by Crippen LogP contribution is 2.26. The van der Waals surface area contributed by atoms with Crippen molar-refractivity contribution in [3.8, 4) is 0 Å². The lowest BCUT2D eigenvalue weighted by atomic mass is 9.92. The second-order valence-electron chi connectivity index (χ2n) is 8.61. The maximum absolute atomic E-state index is 13.3. The van der Waals surface area contributed by atoms with Gasteiger partial charge in [-0.3, -0.25) is 14.5 Å². The van der Waals surface area contributed by atoms with Crippen molar-refractivity contribution >= 4 is 11.8 Å². The Kier molecular flexibility index (Phi) is 7.91. The second kappa shape index (κ2) is 10.6. The molecule has 0 radical (unpaired) electrons. The van der Waals surface area contributed by atoms with Crippen LogP contribution in [0.2, 0.25) is 0 Å². The van der Waals surface area contributed by atoms with Crippen LogP contribution in [0, 0.1) is 5.92 Å². The minimum Gasteiger partial charge on any atom is -0.468 e. The molecule has 0 bridgehead atoms. The van der Waals surface area contributed by atoms with Gasteiger partial charge in [0.2, 0.25) is 11.8 Å². The molecular formula is C25H35N3O3. The molecule has 3 rings (SSSR count). The van der Waals surface area contributed by atoms with E-state index in [2.05, 4.69) is 30.1 Å². The Morgan fingerprint density at radius 2 is 1.84 bits per heavy atom. The van der Waals surface area contributed by atoms with Gasteiger partial charge in [0.25, 0.3) is 0 Å². The summed E-state index contributed by atoms with van der Waals surface area (Å²) in [4.78, 5) is 30.3. The zero-order chi connectivity index (χ0) is 22.4. The van der Waals surface area contributed by atoms with Crippen molar-refractivity contribution in [1.29, 1.82) is 0 Å². The molecule has 2 amide bonds. The molecule has 6 nitrogen and oxygen atoms in total. The van der Waals surface area contributed by atoms with Gasteiger partial charge in [-0.25, -0.2) is 0 Å². The number of carbonyl (C=O) groups is 2. The summed E-state index contributed by atoms with van der Waals surface area (Å²) in [7, 11) is 0. The minimum atomic E-state index is -0.491. The van der Waals surface area contributed by atoms with Crippen molar-refractivity contribution < 1.29 is 14.0 Å². The molecule has 2 aromatic rings. The van der Waals surface area contributed by atoms with Gasteiger partial charge in [-0.1, -0.05) is 52.0 Å². The fourth-order valence-electron chi connectivity index (χ4n) is 4.36. The lowest BCUT2D eigenvalue weighted by molar-refractivity contribution is -0.142. The van der Waals surface area contributed by atoms with Crippen LogP contribution in [0.3, 0.4) is 0 Å². The molecule has 0 fully saturated rings. The summed E-state index contributed by atoms with van der Waals surface area (Å²) in [6.45, 7) is 10.9. The zero-order valence-electron chi connectivity index (χ0n) is 19.1. The third-order valence-corrected chi connectivity index (χ3v) is 6.05. The Labute approximate surface area is 185 Å². The van der Waals surface area contributed by atoms with E-state index < -0.39 is 6.04 Å². The first-order chi connectivity index (χ1) is 14.9. The van der Waals surface area contributed by atoms with Crippen molar-refractivity contribution in [2.45, 2.75) is 59.2 Å². The van der Waals surface area contributed by atoms with Crippen molar-refractivity contribution in [3.63, 3.8) is 0 Å². The summed E-state index contributed by atoms with van der Waals surface area (Å²) in [5, 5.41) is 3.12. The summed E-state index contributed by atoms with van der Waals surface area (Å²) in [6, 6.07) is 11.4. The van der Waals surface area contributed by atoms with Gasteiger partial charge in [0.15, 0.2) is 0 Å². The van der Waals surface area contributed by atoms with E-state index >= 15 is 0 Å². The summed E-state index contributed by atoms with van der Waals surface area (Å²) in [5.74, 6) is 1.02. The van der Waals surface area contributed by atoms with E-state index in [0.717, 1.165) is 30.0 Å². The highest BCUT2D eigenvalue weighted by atomic mass is 16.3. The van der Waals surface area contributed by atoms with Crippen LogP contribution < -0.4 is 5.32 Å². The molecule has 6 heteroatoms. The lowest BCUT2D eigenvalue weighted by Crippen LogP contribution is -2.53. The maximum atomic E-state index is 13.3. The minimum absolute atomic E-state index is 0.0374. The largest absolute Gasteiger partial charge is 0.468 e. The lowest BCUT2D eigenvalue weighted by Gasteiger charge is -2.37. The number of nitrogens with zero attached hydrogens (tertiary/aromatic N) is 2. The van der Waals surface area contributed by atoms with E-state index in [1.165, 1.54) is 0 Å². The average molecular weight is 426 g/mol. The molecule has 1 aliphatic rings. The predicted octanol–water partition coefficient (Wildman–Crippen LogP) is 3.78. The molecule has 1 aromatic heterocycles. The van der Waals surface area contributed by atoms with Gasteiger partial charge >= 0.3 is 0 Å². The summed E-state index contributed by atoms with van der Waals surface area (Å²) >= 11 is 0. The monoisotopic (exact) mass is 425 g/mol. The summed E-state index contributed by atoms with van der Waals surface area (Å²) in [6.07, 6.45) is 2.65. The molecule has 1 aliphatic heterocycles. The fraction of sp³-hybridized carbons (Fsp3) is 0.520. The van der Waals surface area contributed by atoms with Gasteiger partial charge in [-0.15, -0.1) is 0 Å². The number of fused-ring (bicyclic) bond motifs is 1. The number of furan rings is 1. The number of likely N-dealkylation sites (N-methyl/N-ethyl adjacent to an activating group) is 1. The van der Waals surface area contributed by atoms with Crippen LogP contribution in [-0.2, 0) is 22.6 Å². The van der Waals surface area contributed by atoms with Crippen molar-refractivity contribution in [1.82, 2.24) is 15.1 Å². The molecule has 1 aromatic carbocycles. The van der Waals surface area contributed by atoms with Crippen LogP contribution >= 0.6 is 0 Å². The first-order valence-corrected chi connectivity index (χ1v) is 11.4. The van der Waals surface area contributed by atoms with E-state index in [4.69, 9.17) is 4.42 Å². The number of carbonyl (C=O) groups excluding carboxylic acids is 2. The quantitative estimate of drug-likeness (QED) is 0.664. The van der Waals surface area contributed by atoms with E-state index in [9.17, 15) is 9.59 Å². The Morgan fingerprint density at radius 1 is 1.13 bits per heavy atom. The van der Waals surface area contributed by atoms with Gasteiger partial charge in [-0.05, 0) is 42.3 Å². The maximum Gasteiger partial charge on any atom is 0.243 e. The van der Waals surface area contributed by atoms with Gasteiger partial charge in [-0.2, -0.15) is 0 Å². The molecule has 2 heterocycles. The second-order valence-corrected chi connectivity index (χ2v) is 8.61. The van der Waals surface area contributed by atoms with Crippen LogP contribution in [0.5, 0.6) is 0 Å². The van der Waals surface area contributed by atoms with Crippen molar-refractivity contribution in [2.24, 2.45) is 5.92 Å². The van der Waals surface area contributed by atoms with Crippen LogP contribution in [0.4, 0.5) is 0 Å². The van der Waals surface area contributed by atoms with E-state index in [1.807, 2.05) is 44.2 Å². The number of rotatable bonds is 9. The molecule has 0 spiro atoms. The number of amides is 2.